The number of anilines is 1. The van der Waals surface area contributed by atoms with Crippen molar-refractivity contribution in [3.63, 3.8) is 0 Å². The maximum atomic E-state index is 10.6. The fourth-order valence-corrected chi connectivity index (χ4v) is 1.84. The van der Waals surface area contributed by atoms with Gasteiger partial charge in [-0.25, -0.2) is 4.68 Å². The van der Waals surface area contributed by atoms with Gasteiger partial charge >= 0.3 is 5.88 Å². The maximum absolute atomic E-state index is 10.6. The molecule has 2 N–H and O–H groups in total. The van der Waals surface area contributed by atoms with Crippen LogP contribution < -0.4 is 5.73 Å². The van der Waals surface area contributed by atoms with Gasteiger partial charge in [0, 0.05) is 0 Å². The van der Waals surface area contributed by atoms with Crippen LogP contribution in [0.15, 0.2) is 53.1 Å². The summed E-state index contributed by atoms with van der Waals surface area (Å²) < 4.78 is 6.70. The summed E-state index contributed by atoms with van der Waals surface area (Å²) in [5.74, 6) is -0.0717. The summed E-state index contributed by atoms with van der Waals surface area (Å²) in [6.07, 6.45) is 1.64. The lowest BCUT2D eigenvalue weighted by molar-refractivity contribution is -0.401. The van der Waals surface area contributed by atoms with Crippen molar-refractivity contribution < 1.29 is 9.34 Å². The second kappa shape index (κ2) is 5.68. The molecule has 2 aromatic heterocycles. The van der Waals surface area contributed by atoms with E-state index in [4.69, 9.17) is 10.2 Å². The first-order valence-electron chi connectivity index (χ1n) is 5.80. The number of para-hydroxylation sites is 1. The van der Waals surface area contributed by atoms with Crippen LogP contribution >= 0.6 is 12.4 Å². The van der Waals surface area contributed by atoms with Crippen molar-refractivity contribution in [2.75, 3.05) is 5.73 Å². The van der Waals surface area contributed by atoms with Crippen molar-refractivity contribution in [1.82, 2.24) is 9.78 Å². The van der Waals surface area contributed by atoms with E-state index in [-0.39, 0.29) is 24.1 Å². The Labute approximate surface area is 125 Å². The predicted octanol–water partition coefficient (Wildman–Crippen LogP) is 3.04. The first-order chi connectivity index (χ1) is 9.65. The monoisotopic (exact) mass is 306 g/mol. The van der Waals surface area contributed by atoms with Gasteiger partial charge in [-0.2, -0.15) is 5.10 Å². The van der Waals surface area contributed by atoms with Gasteiger partial charge in [0.2, 0.25) is 0 Å². The van der Waals surface area contributed by atoms with E-state index in [1.807, 2.05) is 30.3 Å². The molecule has 0 radical (unpaired) electrons. The molecular weight excluding hydrogens is 296 g/mol. The number of benzene rings is 1. The Bertz CT molecular complexity index is 767. The van der Waals surface area contributed by atoms with Crippen LogP contribution in [-0.4, -0.2) is 14.7 Å². The minimum atomic E-state index is -0.603. The first-order valence-corrected chi connectivity index (χ1v) is 5.80. The summed E-state index contributed by atoms with van der Waals surface area (Å²) in [6, 6.07) is 12.2. The summed E-state index contributed by atoms with van der Waals surface area (Å²) in [7, 11) is 0. The summed E-state index contributed by atoms with van der Waals surface area (Å²) in [6.45, 7) is 0. The van der Waals surface area contributed by atoms with E-state index >= 15 is 0 Å². The van der Waals surface area contributed by atoms with Gasteiger partial charge in [0.25, 0.3) is 0 Å². The van der Waals surface area contributed by atoms with Crippen LogP contribution in [0.25, 0.3) is 17.1 Å². The second-order valence-corrected chi connectivity index (χ2v) is 4.11. The molecule has 3 aromatic rings. The highest BCUT2D eigenvalue weighted by Crippen LogP contribution is 2.29. The Kier molecular flexibility index (Phi) is 3.95. The smallest absolute Gasteiger partial charge is 0.399 e. The highest BCUT2D eigenvalue weighted by Gasteiger charge is 2.17. The Hall–Kier alpha value is -2.80. The molecule has 8 heteroatoms. The van der Waals surface area contributed by atoms with E-state index in [9.17, 15) is 10.1 Å². The Morgan fingerprint density at radius 1 is 1.19 bits per heavy atom. The second-order valence-electron chi connectivity index (χ2n) is 4.11. The van der Waals surface area contributed by atoms with Crippen molar-refractivity contribution in [1.29, 1.82) is 0 Å². The highest BCUT2D eigenvalue weighted by molar-refractivity contribution is 5.85. The van der Waals surface area contributed by atoms with Gasteiger partial charge in [0.05, 0.1) is 23.6 Å². The number of nitro groups is 1. The summed E-state index contributed by atoms with van der Waals surface area (Å²) in [5.41, 5.74) is 7.49. The van der Waals surface area contributed by atoms with Crippen molar-refractivity contribution >= 4 is 24.0 Å². The van der Waals surface area contributed by atoms with Crippen molar-refractivity contribution in [3.05, 3.63) is 58.8 Å². The zero-order chi connectivity index (χ0) is 14.1. The lowest BCUT2D eigenvalue weighted by Gasteiger charge is -1.98. The topological polar surface area (TPSA) is 100 Å². The van der Waals surface area contributed by atoms with E-state index in [1.165, 1.54) is 12.1 Å². The fraction of sp³-hybridized carbons (Fsp3) is 0. The average Bonchev–Trinajstić information content (AvgIpc) is 3.06. The van der Waals surface area contributed by atoms with Gasteiger partial charge in [0.1, 0.15) is 4.92 Å². The highest BCUT2D eigenvalue weighted by atomic mass is 35.5. The maximum Gasteiger partial charge on any atom is 0.433 e. The molecule has 3 rings (SSSR count). The summed E-state index contributed by atoms with van der Waals surface area (Å²) >= 11 is 0. The Morgan fingerprint density at radius 2 is 1.90 bits per heavy atom. The van der Waals surface area contributed by atoms with Crippen molar-refractivity contribution in [2.45, 2.75) is 0 Å². The van der Waals surface area contributed by atoms with Gasteiger partial charge < -0.3 is 10.2 Å². The van der Waals surface area contributed by atoms with Crippen molar-refractivity contribution in [2.24, 2.45) is 0 Å². The van der Waals surface area contributed by atoms with E-state index in [1.54, 1.807) is 10.9 Å². The number of furan rings is 1. The van der Waals surface area contributed by atoms with Crippen LogP contribution in [-0.2, 0) is 0 Å². The third-order valence-electron chi connectivity index (χ3n) is 2.77. The van der Waals surface area contributed by atoms with Gasteiger partial charge in [-0.3, -0.25) is 10.1 Å². The number of halogens is 1. The number of nitrogen functional groups attached to an aromatic ring is 1. The normalized spacial score (nSPS) is 10.1. The third-order valence-corrected chi connectivity index (χ3v) is 2.77. The minimum Gasteiger partial charge on any atom is -0.399 e. The molecule has 0 aliphatic heterocycles. The summed E-state index contributed by atoms with van der Waals surface area (Å²) in [5, 5.41) is 14.9. The molecule has 21 heavy (non-hydrogen) atoms. The quantitative estimate of drug-likeness (QED) is 0.592. The molecule has 0 saturated heterocycles. The largest absolute Gasteiger partial charge is 0.433 e. The number of aromatic nitrogens is 2. The molecule has 0 bridgehead atoms. The molecule has 0 aliphatic carbocycles. The third kappa shape index (κ3) is 2.72. The van der Waals surface area contributed by atoms with E-state index in [2.05, 4.69) is 5.10 Å². The van der Waals surface area contributed by atoms with Gasteiger partial charge in [0.15, 0.2) is 11.5 Å². The molecule has 2 heterocycles. The minimum absolute atomic E-state index is 0. The van der Waals surface area contributed by atoms with Crippen LogP contribution in [0, 0.1) is 10.1 Å². The van der Waals surface area contributed by atoms with E-state index in [0.29, 0.717) is 11.4 Å². The van der Waals surface area contributed by atoms with Crippen LogP contribution in [0.4, 0.5) is 11.6 Å². The van der Waals surface area contributed by atoms with E-state index < -0.39 is 4.92 Å². The SMILES string of the molecule is Cl.Nc1cn(-c2ccccc2)nc1-c1ccc([N+](=O)[O-])o1. The van der Waals surface area contributed by atoms with Crippen LogP contribution in [0.1, 0.15) is 0 Å². The molecule has 0 atom stereocenters. The van der Waals surface area contributed by atoms with Gasteiger partial charge in [-0.1, -0.05) is 18.2 Å². The number of hydrogen-bond acceptors (Lipinski definition) is 5. The molecule has 0 aliphatic rings. The summed E-state index contributed by atoms with van der Waals surface area (Å²) in [4.78, 5) is 10.0. The van der Waals surface area contributed by atoms with E-state index in [0.717, 1.165) is 5.69 Å². The molecule has 0 saturated carbocycles. The number of nitrogens with zero attached hydrogens (tertiary/aromatic N) is 3. The molecule has 0 amide bonds. The molecular formula is C13H11ClN4O3. The lowest BCUT2D eigenvalue weighted by Crippen LogP contribution is -1.93. The Balaban J connectivity index is 0.00000161. The van der Waals surface area contributed by atoms with Gasteiger partial charge in [-0.05, 0) is 18.2 Å². The number of hydrogen-bond donors (Lipinski definition) is 1. The zero-order valence-electron chi connectivity index (χ0n) is 10.7. The fourth-order valence-electron chi connectivity index (χ4n) is 1.84. The number of rotatable bonds is 3. The van der Waals surface area contributed by atoms with Crippen LogP contribution in [0.2, 0.25) is 0 Å². The molecule has 7 nitrogen and oxygen atoms in total. The van der Waals surface area contributed by atoms with Crippen LogP contribution in [0.5, 0.6) is 0 Å². The molecule has 0 spiro atoms. The number of nitrogens with two attached hydrogens (primary N) is 1. The predicted molar refractivity (Wildman–Crippen MR) is 79.6 cm³/mol. The van der Waals surface area contributed by atoms with Crippen molar-refractivity contribution in [3.8, 4) is 17.1 Å². The van der Waals surface area contributed by atoms with Crippen LogP contribution in [0.3, 0.4) is 0 Å². The molecule has 1 aromatic carbocycles. The molecule has 0 fully saturated rings. The van der Waals surface area contributed by atoms with Gasteiger partial charge in [-0.15, -0.1) is 12.4 Å². The Morgan fingerprint density at radius 3 is 2.52 bits per heavy atom. The molecule has 108 valence electrons. The standard InChI is InChI=1S/C13H10N4O3.ClH/c14-10-8-16(9-4-2-1-3-5-9)15-13(10)11-6-7-12(20-11)17(18)19;/h1-8H,14H2;1H. The lowest BCUT2D eigenvalue weighted by atomic mass is 10.3. The average molecular weight is 307 g/mol. The first kappa shape index (κ1) is 14.6. The molecule has 0 unspecified atom stereocenters. The zero-order valence-corrected chi connectivity index (χ0v) is 11.5.